The van der Waals surface area contributed by atoms with Crippen LogP contribution in [0.1, 0.15) is 24.5 Å². The van der Waals surface area contributed by atoms with Gasteiger partial charge in [-0.05, 0) is 43.7 Å². The first-order chi connectivity index (χ1) is 10.8. The largest absolute Gasteiger partial charge is 0.492 e. The Morgan fingerprint density at radius 1 is 1.23 bits per heavy atom. The van der Waals surface area contributed by atoms with Gasteiger partial charge in [-0.2, -0.15) is 0 Å². The van der Waals surface area contributed by atoms with Gasteiger partial charge in [-0.1, -0.05) is 0 Å². The van der Waals surface area contributed by atoms with E-state index in [1.165, 1.54) is 12.1 Å². The molecule has 0 unspecified atom stereocenters. The van der Waals surface area contributed by atoms with E-state index in [1.807, 2.05) is 6.20 Å². The molecule has 0 spiro atoms. The minimum atomic E-state index is -0.241. The summed E-state index contributed by atoms with van der Waals surface area (Å²) >= 11 is 0. The summed E-state index contributed by atoms with van der Waals surface area (Å²) in [7, 11) is 0. The molecule has 4 nitrogen and oxygen atoms in total. The van der Waals surface area contributed by atoms with E-state index in [-0.39, 0.29) is 5.82 Å². The summed E-state index contributed by atoms with van der Waals surface area (Å²) in [6.07, 6.45) is 7.65. The van der Waals surface area contributed by atoms with Crippen molar-refractivity contribution < 1.29 is 9.13 Å². The Kier molecular flexibility index (Phi) is 4.96. The number of benzene rings is 1. The third kappa shape index (κ3) is 4.01. The van der Waals surface area contributed by atoms with Gasteiger partial charge < -0.3 is 4.74 Å². The maximum Gasteiger partial charge on any atom is 0.123 e. The number of nitrogens with zero attached hydrogens (tertiary/aromatic N) is 3. The molecule has 1 aliphatic heterocycles. The second-order valence-corrected chi connectivity index (χ2v) is 5.57. The van der Waals surface area contributed by atoms with Crippen molar-refractivity contribution in [1.29, 1.82) is 0 Å². The summed E-state index contributed by atoms with van der Waals surface area (Å²) in [6, 6.07) is 6.16. The Balaban J connectivity index is 1.47. The first-order valence-electron chi connectivity index (χ1n) is 7.68. The molecule has 1 fully saturated rings. The lowest BCUT2D eigenvalue weighted by molar-refractivity contribution is 0.169. The fourth-order valence-electron chi connectivity index (χ4n) is 2.84. The Bertz CT molecular complexity index is 576. The van der Waals surface area contributed by atoms with Crippen molar-refractivity contribution in [1.82, 2.24) is 14.9 Å². The molecule has 1 aromatic carbocycles. The number of hydrogen-bond acceptors (Lipinski definition) is 4. The van der Waals surface area contributed by atoms with Crippen molar-refractivity contribution in [3.8, 4) is 5.75 Å². The fourth-order valence-corrected chi connectivity index (χ4v) is 2.84. The highest BCUT2D eigenvalue weighted by atomic mass is 19.1. The molecule has 3 rings (SSSR count). The molecule has 116 valence electrons. The van der Waals surface area contributed by atoms with Gasteiger partial charge in [-0.15, -0.1) is 0 Å². The molecule has 0 radical (unpaired) electrons. The zero-order valence-corrected chi connectivity index (χ0v) is 12.5. The van der Waals surface area contributed by atoms with Gasteiger partial charge in [0.2, 0.25) is 0 Å². The number of aromatic nitrogens is 2. The second kappa shape index (κ2) is 7.31. The highest BCUT2D eigenvalue weighted by Gasteiger charge is 2.22. The van der Waals surface area contributed by atoms with Gasteiger partial charge in [0.15, 0.2) is 0 Å². The summed E-state index contributed by atoms with van der Waals surface area (Å²) < 4.78 is 18.5. The highest BCUT2D eigenvalue weighted by Crippen LogP contribution is 2.24. The first kappa shape index (κ1) is 14.9. The average Bonchev–Trinajstić information content (AvgIpc) is 2.58. The number of piperidine rings is 1. The molecule has 22 heavy (non-hydrogen) atoms. The molecule has 1 aliphatic rings. The quantitative estimate of drug-likeness (QED) is 0.851. The second-order valence-electron chi connectivity index (χ2n) is 5.57. The van der Waals surface area contributed by atoms with E-state index in [9.17, 15) is 4.39 Å². The van der Waals surface area contributed by atoms with Crippen LogP contribution in [0, 0.1) is 5.82 Å². The number of likely N-dealkylation sites (tertiary alicyclic amines) is 1. The highest BCUT2D eigenvalue weighted by molar-refractivity contribution is 5.22. The molecule has 1 atom stereocenters. The Labute approximate surface area is 130 Å². The molecular formula is C17H20FN3O. The monoisotopic (exact) mass is 301 g/mol. The maximum absolute atomic E-state index is 12.8. The van der Waals surface area contributed by atoms with Crippen LogP contribution in [0.2, 0.25) is 0 Å². The third-order valence-electron chi connectivity index (χ3n) is 4.00. The van der Waals surface area contributed by atoms with E-state index in [4.69, 9.17) is 4.74 Å². The van der Waals surface area contributed by atoms with Crippen molar-refractivity contribution in [3.63, 3.8) is 0 Å². The van der Waals surface area contributed by atoms with Crippen LogP contribution in [0.15, 0.2) is 42.9 Å². The van der Waals surface area contributed by atoms with E-state index in [0.717, 1.165) is 38.2 Å². The van der Waals surface area contributed by atoms with Crippen LogP contribution in [0.5, 0.6) is 5.75 Å². The minimum absolute atomic E-state index is 0.241. The summed E-state index contributed by atoms with van der Waals surface area (Å²) in [4.78, 5) is 11.0. The summed E-state index contributed by atoms with van der Waals surface area (Å²) in [5.74, 6) is 0.923. The number of rotatable bonds is 5. The van der Waals surface area contributed by atoms with Crippen LogP contribution in [0.3, 0.4) is 0 Å². The zero-order chi connectivity index (χ0) is 15.2. The number of hydrogen-bond donors (Lipinski definition) is 0. The zero-order valence-electron chi connectivity index (χ0n) is 12.5. The lowest BCUT2D eigenvalue weighted by atomic mass is 9.95. The molecule has 5 heteroatoms. The molecule has 2 aromatic rings. The summed E-state index contributed by atoms with van der Waals surface area (Å²) in [6.45, 7) is 3.56. The van der Waals surface area contributed by atoms with E-state index < -0.39 is 0 Å². The van der Waals surface area contributed by atoms with E-state index in [1.54, 1.807) is 24.5 Å². The standard InChI is InChI=1S/C17H20FN3O/c18-15-3-5-16(6-4-15)22-11-10-21-9-1-2-14(13-21)17-12-19-7-8-20-17/h3-8,12,14H,1-2,9-11,13H2/t14-/m0/s1. The van der Waals surface area contributed by atoms with E-state index >= 15 is 0 Å². The maximum atomic E-state index is 12.8. The lowest BCUT2D eigenvalue weighted by Gasteiger charge is -2.32. The van der Waals surface area contributed by atoms with Crippen molar-refractivity contribution in [2.45, 2.75) is 18.8 Å². The topological polar surface area (TPSA) is 38.2 Å². The molecule has 0 N–H and O–H groups in total. The van der Waals surface area contributed by atoms with E-state index in [2.05, 4.69) is 14.9 Å². The van der Waals surface area contributed by atoms with Crippen molar-refractivity contribution in [3.05, 3.63) is 54.4 Å². The van der Waals surface area contributed by atoms with Gasteiger partial charge in [-0.25, -0.2) is 4.39 Å². The molecule has 1 saturated heterocycles. The lowest BCUT2D eigenvalue weighted by Crippen LogP contribution is -2.37. The van der Waals surface area contributed by atoms with Gasteiger partial charge in [0.05, 0.1) is 5.69 Å². The average molecular weight is 301 g/mol. The SMILES string of the molecule is Fc1ccc(OCCN2CCC[C@H](c3cnccn3)C2)cc1. The molecule has 1 aromatic heterocycles. The predicted octanol–water partition coefficient (Wildman–Crippen LogP) is 2.87. The predicted molar refractivity (Wildman–Crippen MR) is 82.3 cm³/mol. The first-order valence-corrected chi connectivity index (χ1v) is 7.68. The summed E-state index contributed by atoms with van der Waals surface area (Å²) in [5, 5.41) is 0. The van der Waals surface area contributed by atoms with Gasteiger partial charge in [0.25, 0.3) is 0 Å². The van der Waals surface area contributed by atoms with E-state index in [0.29, 0.717) is 18.3 Å². The summed E-state index contributed by atoms with van der Waals surface area (Å²) in [5.41, 5.74) is 1.08. The Morgan fingerprint density at radius 2 is 2.09 bits per heavy atom. The van der Waals surface area contributed by atoms with Crippen molar-refractivity contribution in [2.24, 2.45) is 0 Å². The molecule has 0 amide bonds. The Morgan fingerprint density at radius 3 is 2.86 bits per heavy atom. The van der Waals surface area contributed by atoms with Crippen molar-refractivity contribution >= 4 is 0 Å². The van der Waals surface area contributed by atoms with Crippen molar-refractivity contribution in [2.75, 3.05) is 26.2 Å². The van der Waals surface area contributed by atoms with Gasteiger partial charge in [0.1, 0.15) is 18.2 Å². The Hall–Kier alpha value is -2.01. The minimum Gasteiger partial charge on any atom is -0.492 e. The molecular weight excluding hydrogens is 281 g/mol. The molecule has 2 heterocycles. The number of ether oxygens (including phenoxy) is 1. The van der Waals surface area contributed by atoms with Crippen LogP contribution in [0.25, 0.3) is 0 Å². The fraction of sp³-hybridized carbons (Fsp3) is 0.412. The van der Waals surface area contributed by atoms with Crippen LogP contribution in [-0.4, -0.2) is 41.1 Å². The molecule has 0 aliphatic carbocycles. The van der Waals surface area contributed by atoms with Crippen LogP contribution in [-0.2, 0) is 0 Å². The van der Waals surface area contributed by atoms with Gasteiger partial charge >= 0.3 is 0 Å². The molecule has 0 bridgehead atoms. The smallest absolute Gasteiger partial charge is 0.123 e. The van der Waals surface area contributed by atoms with Crippen LogP contribution in [0.4, 0.5) is 4.39 Å². The normalized spacial score (nSPS) is 19.0. The molecule has 0 saturated carbocycles. The van der Waals surface area contributed by atoms with Gasteiger partial charge in [-0.3, -0.25) is 14.9 Å². The van der Waals surface area contributed by atoms with Crippen LogP contribution < -0.4 is 4.74 Å². The third-order valence-corrected chi connectivity index (χ3v) is 4.00. The van der Waals surface area contributed by atoms with Crippen LogP contribution >= 0.6 is 0 Å². The number of halogens is 1. The van der Waals surface area contributed by atoms with Gasteiger partial charge in [0, 0.05) is 37.6 Å².